The first-order valence-electron chi connectivity index (χ1n) is 7.40. The molecule has 0 fully saturated rings. The summed E-state index contributed by atoms with van der Waals surface area (Å²) in [5, 5.41) is 3.29. The molecule has 106 valence electrons. The lowest BCUT2D eigenvalue weighted by atomic mass is 10.1. The summed E-state index contributed by atoms with van der Waals surface area (Å²) in [5.41, 5.74) is 1.32. The molecule has 0 spiro atoms. The number of unbranched alkanes of at least 4 members (excludes halogenated alkanes) is 1. The third-order valence-electron chi connectivity index (χ3n) is 3.89. The quantitative estimate of drug-likeness (QED) is 0.798. The Bertz CT molecular complexity index is 381. The van der Waals surface area contributed by atoms with Crippen LogP contribution in [-0.4, -0.2) is 37.7 Å². The molecule has 1 atom stereocenters. The summed E-state index contributed by atoms with van der Waals surface area (Å²) in [6, 6.07) is 9.03. The predicted molar refractivity (Wildman–Crippen MR) is 79.6 cm³/mol. The average molecular weight is 262 g/mol. The van der Waals surface area contributed by atoms with Crippen molar-refractivity contribution < 1.29 is 4.74 Å². The summed E-state index contributed by atoms with van der Waals surface area (Å²) < 4.78 is 5.79. The van der Waals surface area contributed by atoms with Gasteiger partial charge in [0.25, 0.3) is 0 Å². The van der Waals surface area contributed by atoms with Crippen LogP contribution >= 0.6 is 0 Å². The number of nitrogens with zero attached hydrogens (tertiary/aromatic N) is 1. The van der Waals surface area contributed by atoms with Crippen molar-refractivity contribution in [2.75, 3.05) is 26.7 Å². The first-order valence-corrected chi connectivity index (χ1v) is 7.40. The number of fused-ring (bicyclic) bond motifs is 1. The maximum atomic E-state index is 5.79. The Balaban J connectivity index is 1.76. The zero-order valence-corrected chi connectivity index (χ0v) is 12.2. The van der Waals surface area contributed by atoms with E-state index in [1.54, 1.807) is 0 Å². The highest BCUT2D eigenvalue weighted by atomic mass is 16.5. The molecule has 1 aromatic rings. The lowest BCUT2D eigenvalue weighted by Gasteiger charge is -2.19. The van der Waals surface area contributed by atoms with Gasteiger partial charge in [-0.05, 0) is 39.4 Å². The highest BCUT2D eigenvalue weighted by Crippen LogP contribution is 2.22. The van der Waals surface area contributed by atoms with Gasteiger partial charge in [0.1, 0.15) is 12.4 Å². The van der Waals surface area contributed by atoms with Crippen LogP contribution < -0.4 is 10.1 Å². The molecule has 1 unspecified atom stereocenters. The Morgan fingerprint density at radius 2 is 2.16 bits per heavy atom. The van der Waals surface area contributed by atoms with Crippen molar-refractivity contribution in [1.82, 2.24) is 10.2 Å². The van der Waals surface area contributed by atoms with Gasteiger partial charge in [0.15, 0.2) is 0 Å². The molecular formula is C16H26N2O. The van der Waals surface area contributed by atoms with E-state index in [9.17, 15) is 0 Å². The van der Waals surface area contributed by atoms with Crippen molar-refractivity contribution in [3.05, 3.63) is 29.8 Å². The topological polar surface area (TPSA) is 24.5 Å². The molecule has 3 nitrogen and oxygen atoms in total. The van der Waals surface area contributed by atoms with E-state index in [1.807, 2.05) is 13.1 Å². The molecule has 1 aliphatic heterocycles. The van der Waals surface area contributed by atoms with Crippen molar-refractivity contribution in [2.45, 2.75) is 38.8 Å². The van der Waals surface area contributed by atoms with Crippen molar-refractivity contribution in [3.8, 4) is 5.75 Å². The summed E-state index contributed by atoms with van der Waals surface area (Å²) in [6.07, 6.45) is 3.83. The molecular weight excluding hydrogens is 236 g/mol. The molecule has 19 heavy (non-hydrogen) atoms. The van der Waals surface area contributed by atoms with Gasteiger partial charge in [-0.25, -0.2) is 0 Å². The number of ether oxygens (including phenoxy) is 1. The number of para-hydroxylation sites is 1. The fourth-order valence-corrected chi connectivity index (χ4v) is 2.50. The molecule has 0 saturated heterocycles. The van der Waals surface area contributed by atoms with Crippen LogP contribution in [0.2, 0.25) is 0 Å². The summed E-state index contributed by atoms with van der Waals surface area (Å²) in [4.78, 5) is 2.51. The van der Waals surface area contributed by atoms with Gasteiger partial charge < -0.3 is 10.1 Å². The normalized spacial score (nSPS) is 17.4. The molecule has 0 bridgehead atoms. The van der Waals surface area contributed by atoms with E-state index >= 15 is 0 Å². The smallest absolute Gasteiger partial charge is 0.123 e. The summed E-state index contributed by atoms with van der Waals surface area (Å²) in [5.74, 6) is 1.06. The average Bonchev–Trinajstić information content (AvgIpc) is 2.65. The van der Waals surface area contributed by atoms with Crippen LogP contribution in [0.1, 0.15) is 31.7 Å². The maximum Gasteiger partial charge on any atom is 0.123 e. The van der Waals surface area contributed by atoms with Crippen molar-refractivity contribution in [1.29, 1.82) is 0 Å². The highest BCUT2D eigenvalue weighted by Gasteiger charge is 2.14. The van der Waals surface area contributed by atoms with Gasteiger partial charge in [0, 0.05) is 24.7 Å². The monoisotopic (exact) mass is 262 g/mol. The largest absolute Gasteiger partial charge is 0.492 e. The van der Waals surface area contributed by atoms with Crippen molar-refractivity contribution >= 4 is 0 Å². The number of benzene rings is 1. The number of nitrogens with one attached hydrogen (secondary N) is 1. The highest BCUT2D eigenvalue weighted by molar-refractivity contribution is 5.33. The van der Waals surface area contributed by atoms with Gasteiger partial charge in [-0.15, -0.1) is 0 Å². The molecule has 0 aliphatic carbocycles. The molecule has 1 N–H and O–H groups in total. The molecule has 0 aromatic heterocycles. The van der Waals surface area contributed by atoms with E-state index in [1.165, 1.54) is 31.4 Å². The van der Waals surface area contributed by atoms with Crippen LogP contribution in [0.3, 0.4) is 0 Å². The van der Waals surface area contributed by atoms with Crippen molar-refractivity contribution in [2.24, 2.45) is 0 Å². The van der Waals surface area contributed by atoms with Gasteiger partial charge in [-0.1, -0.05) is 24.6 Å². The van der Waals surface area contributed by atoms with Crippen LogP contribution in [0.15, 0.2) is 24.3 Å². The SMILES string of the molecule is CNC(C)CCCCN1CCOc2ccccc2C1. The zero-order valence-electron chi connectivity index (χ0n) is 12.2. The van der Waals surface area contributed by atoms with Crippen LogP contribution in [0.4, 0.5) is 0 Å². The zero-order chi connectivity index (χ0) is 13.5. The second kappa shape index (κ2) is 7.51. The van der Waals surface area contributed by atoms with Crippen LogP contribution in [0, 0.1) is 0 Å². The van der Waals surface area contributed by atoms with E-state index in [-0.39, 0.29) is 0 Å². The van der Waals surface area contributed by atoms with Gasteiger partial charge in [0.2, 0.25) is 0 Å². The lowest BCUT2D eigenvalue weighted by Crippen LogP contribution is -2.27. The fourth-order valence-electron chi connectivity index (χ4n) is 2.50. The molecule has 1 aromatic carbocycles. The van der Waals surface area contributed by atoms with Gasteiger partial charge in [0.05, 0.1) is 0 Å². The minimum Gasteiger partial charge on any atom is -0.492 e. The number of hydrogen-bond donors (Lipinski definition) is 1. The standard InChI is InChI=1S/C16H26N2O/c1-14(17-2)7-5-6-10-18-11-12-19-16-9-4-3-8-15(16)13-18/h3-4,8-9,14,17H,5-7,10-13H2,1-2H3. The predicted octanol–water partition coefficient (Wildman–Crippen LogP) is 2.66. The van der Waals surface area contributed by atoms with E-state index < -0.39 is 0 Å². The Kier molecular flexibility index (Phi) is 5.67. The Hall–Kier alpha value is -1.06. The summed E-state index contributed by atoms with van der Waals surface area (Å²) in [6.45, 7) is 6.29. The Morgan fingerprint density at radius 1 is 1.32 bits per heavy atom. The van der Waals surface area contributed by atoms with Crippen LogP contribution in [0.5, 0.6) is 5.75 Å². The molecule has 0 amide bonds. The van der Waals surface area contributed by atoms with E-state index in [0.717, 1.165) is 25.4 Å². The minimum absolute atomic E-state index is 0.633. The molecule has 0 saturated carbocycles. The second-order valence-corrected chi connectivity index (χ2v) is 5.42. The lowest BCUT2D eigenvalue weighted by molar-refractivity contribution is 0.221. The van der Waals surface area contributed by atoms with Gasteiger partial charge in [-0.3, -0.25) is 4.90 Å². The summed E-state index contributed by atoms with van der Waals surface area (Å²) >= 11 is 0. The second-order valence-electron chi connectivity index (χ2n) is 5.42. The first kappa shape index (κ1) is 14.4. The van der Waals surface area contributed by atoms with Crippen LogP contribution in [-0.2, 0) is 6.54 Å². The molecule has 1 heterocycles. The molecule has 1 aliphatic rings. The molecule has 0 radical (unpaired) electrons. The van der Waals surface area contributed by atoms with E-state index in [0.29, 0.717) is 6.04 Å². The first-order chi connectivity index (χ1) is 9.29. The van der Waals surface area contributed by atoms with Crippen LogP contribution in [0.25, 0.3) is 0 Å². The van der Waals surface area contributed by atoms with Gasteiger partial charge >= 0.3 is 0 Å². The van der Waals surface area contributed by atoms with Crippen molar-refractivity contribution in [3.63, 3.8) is 0 Å². The number of rotatable bonds is 6. The van der Waals surface area contributed by atoms with E-state index in [2.05, 4.69) is 35.3 Å². The van der Waals surface area contributed by atoms with Gasteiger partial charge in [-0.2, -0.15) is 0 Å². The fraction of sp³-hybridized carbons (Fsp3) is 0.625. The minimum atomic E-state index is 0.633. The molecule has 2 rings (SSSR count). The third kappa shape index (κ3) is 4.51. The number of hydrogen-bond acceptors (Lipinski definition) is 3. The third-order valence-corrected chi connectivity index (χ3v) is 3.89. The van der Waals surface area contributed by atoms with E-state index in [4.69, 9.17) is 4.74 Å². The summed E-state index contributed by atoms with van der Waals surface area (Å²) in [7, 11) is 2.04. The molecule has 3 heteroatoms. The Morgan fingerprint density at radius 3 is 3.00 bits per heavy atom. The maximum absolute atomic E-state index is 5.79. The Labute approximate surface area is 116 Å².